The summed E-state index contributed by atoms with van der Waals surface area (Å²) in [6.07, 6.45) is 1.00. The number of rotatable bonds is 19. The van der Waals surface area contributed by atoms with E-state index in [4.69, 9.17) is 28.0 Å². The van der Waals surface area contributed by atoms with Gasteiger partial charge in [-0.15, -0.1) is 0 Å². The largest absolute Gasteiger partial charge is 0.483 e. The first-order valence-corrected chi connectivity index (χ1v) is 16.7. The molecule has 2 unspecified atom stereocenters. The van der Waals surface area contributed by atoms with E-state index < -0.39 is 76.7 Å². The molecule has 1 saturated heterocycles. The van der Waals surface area contributed by atoms with Crippen LogP contribution in [0.15, 0.2) is 0 Å². The first kappa shape index (κ1) is 38.1. The summed E-state index contributed by atoms with van der Waals surface area (Å²) in [5.74, 6) is -3.28. The Morgan fingerprint density at radius 1 is 0.786 bits per heavy atom. The quantitative estimate of drug-likeness (QED) is 0.0794. The number of hydrogen-bond acceptors (Lipinski definition) is 13. The molecule has 0 aromatic heterocycles. The summed E-state index contributed by atoms with van der Waals surface area (Å²) in [5, 5.41) is 2.32. The lowest BCUT2D eigenvalue weighted by Gasteiger charge is -2.44. The number of nitrogens with one attached hydrogen (secondary N) is 1. The second kappa shape index (κ2) is 18.7. The van der Waals surface area contributed by atoms with Crippen LogP contribution in [-0.4, -0.2) is 77.5 Å². The highest BCUT2D eigenvalue weighted by Gasteiger charge is 2.53. The van der Waals surface area contributed by atoms with Crippen LogP contribution in [0.25, 0.3) is 0 Å². The molecule has 1 heterocycles. The van der Waals surface area contributed by atoms with Crippen molar-refractivity contribution in [3.8, 4) is 0 Å². The van der Waals surface area contributed by atoms with E-state index in [1.807, 2.05) is 0 Å². The second-order valence-corrected chi connectivity index (χ2v) is 12.6. The van der Waals surface area contributed by atoms with Crippen LogP contribution in [0.4, 0.5) is 0 Å². The van der Waals surface area contributed by atoms with E-state index in [9.17, 15) is 38.1 Å². The van der Waals surface area contributed by atoms with Gasteiger partial charge in [0, 0.05) is 27.7 Å². The molecule has 1 aliphatic heterocycles. The number of amides is 1. The van der Waals surface area contributed by atoms with Gasteiger partial charge in [-0.2, -0.15) is 4.31 Å². The SMILES string of the molecule is CCCCCCCCCCOP(=O)(O)OP(=O)(O)O[C@H]1O[C@H](COC(C)=O)[C@@H](OC(C)=O)[C@H](OC(C)=O)[C@H]1NC(C)=O. The van der Waals surface area contributed by atoms with Crippen LogP contribution < -0.4 is 5.32 Å². The van der Waals surface area contributed by atoms with Crippen molar-refractivity contribution in [2.24, 2.45) is 0 Å². The standard InChI is InChI=1S/C24H43NO15P2/c1-6-7-8-9-10-11-12-13-14-35-41(30,31)40-42(32,33)39-24-21(25-16(2)26)23(37-19(5)29)22(36-18(4)28)20(38-24)15-34-17(3)27/h20-24H,6-15H2,1-5H3,(H,25,26)(H,30,31)(H,32,33)/t20-,21-,22-,23-,24-/m1/s1. The van der Waals surface area contributed by atoms with E-state index in [0.717, 1.165) is 59.8 Å². The molecule has 18 heteroatoms. The maximum absolute atomic E-state index is 12.8. The highest BCUT2D eigenvalue weighted by molar-refractivity contribution is 7.61. The molecule has 0 spiro atoms. The molecule has 0 saturated carbocycles. The molecule has 16 nitrogen and oxygen atoms in total. The lowest BCUT2D eigenvalue weighted by Crippen LogP contribution is -2.66. The van der Waals surface area contributed by atoms with Crippen LogP contribution in [0.3, 0.4) is 0 Å². The Hall–Kier alpha value is -1.90. The number of hydrogen-bond donors (Lipinski definition) is 3. The number of esters is 3. The van der Waals surface area contributed by atoms with E-state index in [1.165, 1.54) is 6.42 Å². The van der Waals surface area contributed by atoms with Crippen LogP contribution in [0, 0.1) is 0 Å². The predicted octanol–water partition coefficient (Wildman–Crippen LogP) is 3.03. The highest BCUT2D eigenvalue weighted by Crippen LogP contribution is 2.61. The van der Waals surface area contributed by atoms with Gasteiger partial charge in [-0.3, -0.25) is 28.2 Å². The van der Waals surface area contributed by atoms with Crippen molar-refractivity contribution in [3.63, 3.8) is 0 Å². The van der Waals surface area contributed by atoms with Crippen LogP contribution in [0.2, 0.25) is 0 Å². The van der Waals surface area contributed by atoms with Gasteiger partial charge in [0.25, 0.3) is 0 Å². The predicted molar refractivity (Wildman–Crippen MR) is 144 cm³/mol. The number of phosphoric ester groups is 2. The van der Waals surface area contributed by atoms with E-state index in [1.54, 1.807) is 0 Å². The Bertz CT molecular complexity index is 993. The van der Waals surface area contributed by atoms with Gasteiger partial charge in [-0.05, 0) is 6.42 Å². The molecule has 0 bridgehead atoms. The fraction of sp³-hybridized carbons (Fsp3) is 0.833. The number of carbonyl (C=O) groups excluding carboxylic acids is 4. The van der Waals surface area contributed by atoms with Gasteiger partial charge in [0.2, 0.25) is 5.91 Å². The van der Waals surface area contributed by atoms with Crippen molar-refractivity contribution < 1.29 is 70.4 Å². The Kier molecular flexibility index (Phi) is 17.0. The zero-order valence-corrected chi connectivity index (χ0v) is 26.3. The first-order valence-electron chi connectivity index (χ1n) is 13.7. The van der Waals surface area contributed by atoms with Crippen molar-refractivity contribution in [1.29, 1.82) is 0 Å². The number of ether oxygens (including phenoxy) is 4. The summed E-state index contributed by atoms with van der Waals surface area (Å²) in [6.45, 7) is 5.46. The zero-order chi connectivity index (χ0) is 31.9. The van der Waals surface area contributed by atoms with E-state index in [-0.39, 0.29) is 6.61 Å². The Morgan fingerprint density at radius 2 is 1.33 bits per heavy atom. The summed E-state index contributed by atoms with van der Waals surface area (Å²) in [7, 11) is -10.6. The molecule has 1 aliphatic rings. The number of phosphoric acid groups is 2. The smallest absolute Gasteiger partial charge is 0.463 e. The van der Waals surface area contributed by atoms with Crippen molar-refractivity contribution in [1.82, 2.24) is 5.32 Å². The van der Waals surface area contributed by atoms with Crippen molar-refractivity contribution in [2.45, 2.75) is 117 Å². The molecular formula is C24H43NO15P2. The average molecular weight is 648 g/mol. The first-order chi connectivity index (χ1) is 19.6. The van der Waals surface area contributed by atoms with Gasteiger partial charge < -0.3 is 34.1 Å². The van der Waals surface area contributed by atoms with Crippen LogP contribution in [-0.2, 0) is 60.6 Å². The Labute approximate surface area is 245 Å². The van der Waals surface area contributed by atoms with Crippen molar-refractivity contribution >= 4 is 39.5 Å². The lowest BCUT2D eigenvalue weighted by molar-refractivity contribution is -0.259. The molecule has 0 aliphatic carbocycles. The summed E-state index contributed by atoms with van der Waals surface area (Å²) < 4.78 is 60.3. The minimum atomic E-state index is -5.48. The molecule has 42 heavy (non-hydrogen) atoms. The van der Waals surface area contributed by atoms with Crippen molar-refractivity contribution in [2.75, 3.05) is 13.2 Å². The zero-order valence-electron chi connectivity index (χ0n) is 24.6. The number of carbonyl (C=O) groups is 4. The van der Waals surface area contributed by atoms with Gasteiger partial charge in [0.1, 0.15) is 18.8 Å². The van der Waals surface area contributed by atoms with Gasteiger partial charge in [-0.1, -0.05) is 51.9 Å². The van der Waals surface area contributed by atoms with E-state index in [0.29, 0.717) is 12.8 Å². The molecule has 1 fully saturated rings. The van der Waals surface area contributed by atoms with Crippen LogP contribution in [0.1, 0.15) is 86.0 Å². The fourth-order valence-corrected chi connectivity index (χ4v) is 6.29. The average Bonchev–Trinajstić information content (AvgIpc) is 2.83. The normalized spacial score (nSPS) is 25.0. The second-order valence-electron chi connectivity index (χ2n) is 9.65. The lowest BCUT2D eigenvalue weighted by atomic mass is 9.96. The van der Waals surface area contributed by atoms with Gasteiger partial charge in [0.15, 0.2) is 18.5 Å². The molecular weight excluding hydrogens is 604 g/mol. The summed E-state index contributed by atoms with van der Waals surface area (Å²) >= 11 is 0. The molecule has 0 aromatic carbocycles. The molecule has 3 N–H and O–H groups in total. The highest BCUT2D eigenvalue weighted by atomic mass is 31.3. The third-order valence-electron chi connectivity index (χ3n) is 5.77. The third-order valence-corrected chi connectivity index (χ3v) is 8.40. The third kappa shape index (κ3) is 15.5. The fourth-order valence-electron chi connectivity index (χ4n) is 4.10. The van der Waals surface area contributed by atoms with Gasteiger partial charge >= 0.3 is 33.6 Å². The van der Waals surface area contributed by atoms with Crippen LogP contribution in [0.5, 0.6) is 0 Å². The Morgan fingerprint density at radius 3 is 1.86 bits per heavy atom. The topological polar surface area (TPSA) is 220 Å². The minimum Gasteiger partial charge on any atom is -0.463 e. The molecule has 1 amide bonds. The molecule has 0 radical (unpaired) electrons. The maximum atomic E-state index is 12.8. The molecule has 0 aromatic rings. The maximum Gasteiger partial charge on any atom is 0.483 e. The minimum absolute atomic E-state index is 0.236. The van der Waals surface area contributed by atoms with E-state index >= 15 is 0 Å². The summed E-state index contributed by atoms with van der Waals surface area (Å²) in [4.78, 5) is 67.4. The molecule has 7 atom stereocenters. The molecule has 244 valence electrons. The van der Waals surface area contributed by atoms with Crippen LogP contribution >= 0.6 is 15.6 Å². The monoisotopic (exact) mass is 647 g/mol. The summed E-state index contributed by atoms with van der Waals surface area (Å²) in [5.41, 5.74) is 0. The van der Waals surface area contributed by atoms with E-state index in [2.05, 4.69) is 16.6 Å². The van der Waals surface area contributed by atoms with Gasteiger partial charge in [-0.25, -0.2) is 9.13 Å². The van der Waals surface area contributed by atoms with Gasteiger partial charge in [0.05, 0.1) is 6.61 Å². The molecule has 1 rings (SSSR count). The summed E-state index contributed by atoms with van der Waals surface area (Å²) in [6, 6.07) is -1.61. The van der Waals surface area contributed by atoms with Crippen molar-refractivity contribution in [3.05, 3.63) is 0 Å². The Balaban J connectivity index is 3.02. The number of unbranched alkanes of at least 4 members (excludes halogenated alkanes) is 7.